The minimum absolute atomic E-state index is 0.196. The molecule has 21 heavy (non-hydrogen) atoms. The topological polar surface area (TPSA) is 55.1 Å². The maximum absolute atomic E-state index is 13.2. The molecule has 0 aliphatic heterocycles. The average Bonchev–Trinajstić information content (AvgIpc) is 2.37. The quantitative estimate of drug-likeness (QED) is 0.656. The summed E-state index contributed by atoms with van der Waals surface area (Å²) in [7, 11) is 0. The molecule has 2 aromatic carbocycles. The Hall–Kier alpha value is -2.57. The SMILES string of the molecule is Nc1ccc(C(=O)Nc2cc(F)cc(C(F)(F)F)c2)cc1. The van der Waals surface area contributed by atoms with E-state index in [0.717, 1.165) is 6.07 Å². The van der Waals surface area contributed by atoms with Crippen LogP contribution in [-0.4, -0.2) is 5.91 Å². The van der Waals surface area contributed by atoms with Crippen LogP contribution >= 0.6 is 0 Å². The lowest BCUT2D eigenvalue weighted by molar-refractivity contribution is -0.137. The predicted octanol–water partition coefficient (Wildman–Crippen LogP) is 3.68. The third-order valence-electron chi connectivity index (χ3n) is 2.66. The highest BCUT2D eigenvalue weighted by Crippen LogP contribution is 2.31. The first-order chi connectivity index (χ1) is 9.75. The number of hydrogen-bond donors (Lipinski definition) is 2. The van der Waals surface area contributed by atoms with Crippen molar-refractivity contribution in [1.82, 2.24) is 0 Å². The maximum atomic E-state index is 13.2. The summed E-state index contributed by atoms with van der Waals surface area (Å²) in [4.78, 5) is 11.8. The van der Waals surface area contributed by atoms with Crippen LogP contribution in [0, 0.1) is 5.82 Å². The first kappa shape index (κ1) is 14.8. The molecule has 2 aromatic rings. The van der Waals surface area contributed by atoms with Crippen molar-refractivity contribution in [2.75, 3.05) is 11.1 Å². The van der Waals surface area contributed by atoms with E-state index in [-0.39, 0.29) is 11.3 Å². The number of nitrogens with two attached hydrogens (primary N) is 1. The van der Waals surface area contributed by atoms with Gasteiger partial charge in [-0.2, -0.15) is 13.2 Å². The molecule has 0 aliphatic carbocycles. The Labute approximate surface area is 117 Å². The molecular weight excluding hydrogens is 288 g/mol. The van der Waals surface area contributed by atoms with Crippen molar-refractivity contribution in [2.45, 2.75) is 6.18 Å². The Morgan fingerprint density at radius 3 is 2.24 bits per heavy atom. The summed E-state index contributed by atoms with van der Waals surface area (Å²) in [6, 6.07) is 7.61. The summed E-state index contributed by atoms with van der Waals surface area (Å²) in [6.07, 6.45) is -4.69. The number of carbonyl (C=O) groups is 1. The van der Waals surface area contributed by atoms with E-state index in [1.54, 1.807) is 0 Å². The molecule has 0 aliphatic rings. The summed E-state index contributed by atoms with van der Waals surface area (Å²) >= 11 is 0. The smallest absolute Gasteiger partial charge is 0.399 e. The molecular formula is C14H10F4N2O. The maximum Gasteiger partial charge on any atom is 0.416 e. The van der Waals surface area contributed by atoms with Crippen molar-refractivity contribution in [3.05, 3.63) is 59.4 Å². The highest BCUT2D eigenvalue weighted by Gasteiger charge is 2.31. The molecule has 3 nitrogen and oxygen atoms in total. The molecule has 1 amide bonds. The molecule has 110 valence electrons. The van der Waals surface area contributed by atoms with Gasteiger partial charge >= 0.3 is 6.18 Å². The lowest BCUT2D eigenvalue weighted by Gasteiger charge is -2.10. The number of anilines is 2. The number of alkyl halides is 3. The number of hydrogen-bond acceptors (Lipinski definition) is 2. The number of halogens is 4. The molecule has 0 atom stereocenters. The number of carbonyl (C=O) groups excluding carboxylic acids is 1. The number of benzene rings is 2. The fourth-order valence-electron chi connectivity index (χ4n) is 1.66. The summed E-state index contributed by atoms with van der Waals surface area (Å²) in [6.45, 7) is 0. The zero-order chi connectivity index (χ0) is 15.6. The molecule has 0 saturated carbocycles. The average molecular weight is 298 g/mol. The number of nitrogen functional groups attached to an aromatic ring is 1. The minimum atomic E-state index is -4.69. The standard InChI is InChI=1S/C14H10F4N2O/c15-10-5-9(14(16,17)18)6-12(7-10)20-13(21)8-1-3-11(19)4-2-8/h1-7H,19H2,(H,20,21). The predicted molar refractivity (Wildman–Crippen MR) is 70.2 cm³/mol. The normalized spacial score (nSPS) is 11.2. The minimum Gasteiger partial charge on any atom is -0.399 e. The van der Waals surface area contributed by atoms with Gasteiger partial charge in [0, 0.05) is 16.9 Å². The van der Waals surface area contributed by atoms with Gasteiger partial charge in [0.05, 0.1) is 5.56 Å². The van der Waals surface area contributed by atoms with Crippen LogP contribution < -0.4 is 11.1 Å². The first-order valence-corrected chi connectivity index (χ1v) is 5.80. The lowest BCUT2D eigenvalue weighted by Crippen LogP contribution is -2.13. The van der Waals surface area contributed by atoms with Crippen LogP contribution in [0.4, 0.5) is 28.9 Å². The van der Waals surface area contributed by atoms with Crippen LogP contribution in [0.1, 0.15) is 15.9 Å². The second-order valence-electron chi connectivity index (χ2n) is 4.30. The number of amides is 1. The second-order valence-corrected chi connectivity index (χ2v) is 4.30. The van der Waals surface area contributed by atoms with Gasteiger partial charge in [0.2, 0.25) is 0 Å². The van der Waals surface area contributed by atoms with E-state index < -0.39 is 23.5 Å². The number of rotatable bonds is 2. The van der Waals surface area contributed by atoms with E-state index in [4.69, 9.17) is 5.73 Å². The second kappa shape index (κ2) is 5.43. The largest absolute Gasteiger partial charge is 0.416 e. The van der Waals surface area contributed by atoms with E-state index in [1.807, 2.05) is 0 Å². The summed E-state index contributed by atoms with van der Waals surface area (Å²) in [5.74, 6) is -1.74. The van der Waals surface area contributed by atoms with Crippen LogP contribution in [0.25, 0.3) is 0 Å². The fourth-order valence-corrected chi connectivity index (χ4v) is 1.66. The van der Waals surface area contributed by atoms with Gasteiger partial charge in [-0.3, -0.25) is 4.79 Å². The zero-order valence-corrected chi connectivity index (χ0v) is 10.5. The van der Waals surface area contributed by atoms with Crippen molar-refractivity contribution in [3.8, 4) is 0 Å². The Bertz CT molecular complexity index is 666. The monoisotopic (exact) mass is 298 g/mol. The number of nitrogens with one attached hydrogen (secondary N) is 1. The van der Waals surface area contributed by atoms with E-state index in [1.165, 1.54) is 24.3 Å². The molecule has 0 radical (unpaired) electrons. The van der Waals surface area contributed by atoms with Gasteiger partial charge in [0.1, 0.15) is 5.82 Å². The van der Waals surface area contributed by atoms with E-state index in [2.05, 4.69) is 5.32 Å². The summed E-state index contributed by atoms with van der Waals surface area (Å²) in [5.41, 5.74) is 4.65. The Morgan fingerprint density at radius 2 is 1.67 bits per heavy atom. The Morgan fingerprint density at radius 1 is 1.05 bits per heavy atom. The van der Waals surface area contributed by atoms with Crippen LogP contribution in [-0.2, 0) is 6.18 Å². The molecule has 0 bridgehead atoms. The molecule has 7 heteroatoms. The molecule has 0 fully saturated rings. The van der Waals surface area contributed by atoms with Gasteiger partial charge < -0.3 is 11.1 Å². The van der Waals surface area contributed by atoms with Crippen molar-refractivity contribution in [1.29, 1.82) is 0 Å². The molecule has 0 heterocycles. The van der Waals surface area contributed by atoms with Crippen LogP contribution in [0.15, 0.2) is 42.5 Å². The fraction of sp³-hybridized carbons (Fsp3) is 0.0714. The third-order valence-corrected chi connectivity index (χ3v) is 2.66. The molecule has 0 spiro atoms. The van der Waals surface area contributed by atoms with Gasteiger partial charge in [-0.25, -0.2) is 4.39 Å². The molecule has 2 rings (SSSR count). The van der Waals surface area contributed by atoms with Crippen molar-refractivity contribution in [3.63, 3.8) is 0 Å². The van der Waals surface area contributed by atoms with Gasteiger partial charge in [-0.05, 0) is 42.5 Å². The summed E-state index contributed by atoms with van der Waals surface area (Å²) < 4.78 is 50.9. The van der Waals surface area contributed by atoms with Gasteiger partial charge in [-0.1, -0.05) is 0 Å². The zero-order valence-electron chi connectivity index (χ0n) is 10.5. The molecule has 0 aromatic heterocycles. The lowest BCUT2D eigenvalue weighted by atomic mass is 10.1. The van der Waals surface area contributed by atoms with Crippen LogP contribution in [0.3, 0.4) is 0 Å². The highest BCUT2D eigenvalue weighted by molar-refractivity contribution is 6.04. The van der Waals surface area contributed by atoms with Crippen LogP contribution in [0.2, 0.25) is 0 Å². The van der Waals surface area contributed by atoms with Crippen LogP contribution in [0.5, 0.6) is 0 Å². The van der Waals surface area contributed by atoms with Gasteiger partial charge in [0.15, 0.2) is 0 Å². The van der Waals surface area contributed by atoms with Gasteiger partial charge in [-0.15, -0.1) is 0 Å². The van der Waals surface area contributed by atoms with Gasteiger partial charge in [0.25, 0.3) is 5.91 Å². The summed E-state index contributed by atoms with van der Waals surface area (Å²) in [5, 5.41) is 2.21. The first-order valence-electron chi connectivity index (χ1n) is 5.80. The van der Waals surface area contributed by atoms with E-state index in [9.17, 15) is 22.4 Å². The third kappa shape index (κ3) is 3.71. The van der Waals surface area contributed by atoms with Crippen molar-refractivity contribution in [2.24, 2.45) is 0 Å². The molecule has 3 N–H and O–H groups in total. The molecule has 0 saturated heterocycles. The Balaban J connectivity index is 2.25. The van der Waals surface area contributed by atoms with Crippen molar-refractivity contribution >= 4 is 17.3 Å². The Kier molecular flexibility index (Phi) is 3.84. The highest BCUT2D eigenvalue weighted by atomic mass is 19.4. The van der Waals surface area contributed by atoms with E-state index in [0.29, 0.717) is 17.8 Å². The molecule has 0 unspecified atom stereocenters. The van der Waals surface area contributed by atoms with Crippen molar-refractivity contribution < 1.29 is 22.4 Å². The van der Waals surface area contributed by atoms with E-state index >= 15 is 0 Å².